The van der Waals surface area contributed by atoms with E-state index in [2.05, 4.69) is 9.97 Å². The van der Waals surface area contributed by atoms with Crippen LogP contribution in [0.4, 0.5) is 0 Å². The third-order valence-corrected chi connectivity index (χ3v) is 5.45. The first-order valence-corrected chi connectivity index (χ1v) is 9.73. The summed E-state index contributed by atoms with van der Waals surface area (Å²) in [6.07, 6.45) is 5.76. The largest absolute Gasteiger partial charge is 0.493 e. The van der Waals surface area contributed by atoms with Gasteiger partial charge >= 0.3 is 0 Å². The van der Waals surface area contributed by atoms with E-state index in [4.69, 9.17) is 4.74 Å². The fraction of sp³-hybridized carbons (Fsp3) is 0.217. The molecule has 2 heterocycles. The highest BCUT2D eigenvalue weighted by molar-refractivity contribution is 5.94. The molecule has 2 N–H and O–H groups in total. The lowest BCUT2D eigenvalue weighted by atomic mass is 10.1. The molecular formula is C23H21N3O3. The average molecular weight is 387 g/mol. The summed E-state index contributed by atoms with van der Waals surface area (Å²) in [6.45, 7) is 0.493. The molecule has 0 bridgehead atoms. The number of nitrogens with one attached hydrogen (secondary N) is 1. The number of hydrogen-bond donors (Lipinski definition) is 2. The van der Waals surface area contributed by atoms with E-state index in [0.717, 1.165) is 35.4 Å². The van der Waals surface area contributed by atoms with Gasteiger partial charge in [0.2, 0.25) is 0 Å². The first-order chi connectivity index (χ1) is 14.1. The van der Waals surface area contributed by atoms with Gasteiger partial charge in [0.15, 0.2) is 5.65 Å². The summed E-state index contributed by atoms with van der Waals surface area (Å²) < 4.78 is 7.68. The maximum atomic E-state index is 12.6. The van der Waals surface area contributed by atoms with E-state index < -0.39 is 5.60 Å². The van der Waals surface area contributed by atoms with Crippen LogP contribution in [0.25, 0.3) is 27.8 Å². The molecule has 6 nitrogen and oxygen atoms in total. The van der Waals surface area contributed by atoms with Gasteiger partial charge in [-0.1, -0.05) is 30.3 Å². The zero-order valence-electron chi connectivity index (χ0n) is 15.8. The molecular weight excluding hydrogens is 366 g/mol. The highest BCUT2D eigenvalue weighted by atomic mass is 16.5. The Bertz CT molecular complexity index is 1210. The Morgan fingerprint density at radius 2 is 1.86 bits per heavy atom. The lowest BCUT2D eigenvalue weighted by Crippen LogP contribution is -2.12. The predicted molar refractivity (Wildman–Crippen MR) is 111 cm³/mol. The molecule has 0 atom stereocenters. The molecule has 0 saturated heterocycles. The van der Waals surface area contributed by atoms with Crippen LogP contribution in [0, 0.1) is 0 Å². The van der Waals surface area contributed by atoms with Gasteiger partial charge in [0.25, 0.3) is 5.56 Å². The summed E-state index contributed by atoms with van der Waals surface area (Å²) in [4.78, 5) is 19.7. The summed E-state index contributed by atoms with van der Waals surface area (Å²) in [5, 5.41) is 10.5. The minimum atomic E-state index is -0.507. The van der Waals surface area contributed by atoms with Crippen LogP contribution in [0.15, 0.2) is 71.9 Å². The van der Waals surface area contributed by atoms with Crippen molar-refractivity contribution < 1.29 is 9.84 Å². The highest BCUT2D eigenvalue weighted by Gasteiger charge is 2.39. The van der Waals surface area contributed by atoms with Gasteiger partial charge in [0.05, 0.1) is 23.9 Å². The van der Waals surface area contributed by atoms with Crippen molar-refractivity contribution in [3.8, 4) is 22.6 Å². The van der Waals surface area contributed by atoms with Crippen LogP contribution in [-0.2, 0) is 0 Å². The van der Waals surface area contributed by atoms with Crippen molar-refractivity contribution >= 4 is 11.0 Å². The van der Waals surface area contributed by atoms with Crippen LogP contribution in [-0.4, -0.2) is 31.8 Å². The highest BCUT2D eigenvalue weighted by Crippen LogP contribution is 2.38. The number of H-pyrrole nitrogens is 1. The Labute approximate surface area is 167 Å². The SMILES string of the molecule is O=c1[nH]cnc2c1c(-c1ccc(OCCC3(O)CC3)cc1)cn2-c1ccccc1. The molecule has 5 rings (SSSR count). The Kier molecular flexibility index (Phi) is 4.21. The second kappa shape index (κ2) is 6.90. The second-order valence-electron chi connectivity index (χ2n) is 7.53. The van der Waals surface area contributed by atoms with Gasteiger partial charge in [-0.3, -0.25) is 4.79 Å². The molecule has 1 aliphatic rings. The molecule has 0 radical (unpaired) electrons. The first-order valence-electron chi connectivity index (χ1n) is 9.73. The Balaban J connectivity index is 1.49. The number of para-hydroxylation sites is 1. The van der Waals surface area contributed by atoms with Crippen LogP contribution < -0.4 is 10.3 Å². The lowest BCUT2D eigenvalue weighted by Gasteiger charge is -2.10. The fourth-order valence-electron chi connectivity index (χ4n) is 3.56. The Morgan fingerprint density at radius 1 is 1.10 bits per heavy atom. The van der Waals surface area contributed by atoms with Crippen molar-refractivity contribution in [3.63, 3.8) is 0 Å². The molecule has 0 amide bonds. The molecule has 1 aliphatic carbocycles. The van der Waals surface area contributed by atoms with Gasteiger partial charge < -0.3 is 19.4 Å². The van der Waals surface area contributed by atoms with Crippen molar-refractivity contribution in [2.75, 3.05) is 6.61 Å². The molecule has 1 saturated carbocycles. The summed E-state index contributed by atoms with van der Waals surface area (Å²) in [5.74, 6) is 0.747. The van der Waals surface area contributed by atoms with E-state index in [1.807, 2.05) is 65.4 Å². The number of rotatable bonds is 6. The molecule has 0 spiro atoms. The lowest BCUT2D eigenvalue weighted by molar-refractivity contribution is 0.117. The molecule has 2 aromatic carbocycles. The van der Waals surface area contributed by atoms with Gasteiger partial charge in [-0.05, 0) is 42.7 Å². The van der Waals surface area contributed by atoms with E-state index in [0.29, 0.717) is 24.1 Å². The molecule has 4 aromatic rings. The van der Waals surface area contributed by atoms with Crippen LogP contribution in [0.2, 0.25) is 0 Å². The molecule has 2 aromatic heterocycles. The third-order valence-electron chi connectivity index (χ3n) is 5.45. The van der Waals surface area contributed by atoms with E-state index in [9.17, 15) is 9.90 Å². The number of aliphatic hydroxyl groups is 1. The van der Waals surface area contributed by atoms with Gasteiger partial charge in [0, 0.05) is 23.9 Å². The number of hydrogen-bond acceptors (Lipinski definition) is 4. The number of benzene rings is 2. The minimum Gasteiger partial charge on any atom is -0.493 e. The fourth-order valence-corrected chi connectivity index (χ4v) is 3.56. The topological polar surface area (TPSA) is 80.1 Å². The summed E-state index contributed by atoms with van der Waals surface area (Å²) in [6, 6.07) is 17.5. The summed E-state index contributed by atoms with van der Waals surface area (Å²) in [5.41, 5.74) is 2.62. The molecule has 0 unspecified atom stereocenters. The van der Waals surface area contributed by atoms with Gasteiger partial charge in [0.1, 0.15) is 5.75 Å². The van der Waals surface area contributed by atoms with Crippen LogP contribution in [0.3, 0.4) is 0 Å². The predicted octanol–water partition coefficient (Wildman–Crippen LogP) is 3.67. The maximum Gasteiger partial charge on any atom is 0.260 e. The van der Waals surface area contributed by atoms with Crippen LogP contribution >= 0.6 is 0 Å². The van der Waals surface area contributed by atoms with Crippen LogP contribution in [0.1, 0.15) is 19.3 Å². The quantitative estimate of drug-likeness (QED) is 0.529. The average Bonchev–Trinajstić information content (AvgIpc) is 3.34. The number of aromatic nitrogens is 3. The van der Waals surface area contributed by atoms with Crippen molar-refractivity contribution in [2.24, 2.45) is 0 Å². The first kappa shape index (κ1) is 17.7. The number of nitrogens with zero attached hydrogens (tertiary/aromatic N) is 2. The van der Waals surface area contributed by atoms with Gasteiger partial charge in [-0.15, -0.1) is 0 Å². The van der Waals surface area contributed by atoms with Crippen molar-refractivity contribution in [3.05, 3.63) is 77.5 Å². The standard InChI is InChI=1S/C23H21N3O3/c27-22-20-19(14-26(21(20)24-15-25-22)17-4-2-1-3-5-17)16-6-8-18(9-7-16)29-13-12-23(28)10-11-23/h1-9,14-15,28H,10-13H2,(H,24,25,27). The second-order valence-corrected chi connectivity index (χ2v) is 7.53. The number of aromatic amines is 1. The number of fused-ring (bicyclic) bond motifs is 1. The van der Waals surface area contributed by atoms with Crippen molar-refractivity contribution in [1.29, 1.82) is 0 Å². The van der Waals surface area contributed by atoms with Gasteiger partial charge in [-0.25, -0.2) is 4.98 Å². The summed E-state index contributed by atoms with van der Waals surface area (Å²) >= 11 is 0. The van der Waals surface area contributed by atoms with E-state index in [1.165, 1.54) is 6.33 Å². The summed E-state index contributed by atoms with van der Waals surface area (Å²) in [7, 11) is 0. The van der Waals surface area contributed by atoms with Gasteiger partial charge in [-0.2, -0.15) is 0 Å². The Hall–Kier alpha value is -3.38. The minimum absolute atomic E-state index is 0.169. The molecule has 146 valence electrons. The molecule has 29 heavy (non-hydrogen) atoms. The van der Waals surface area contributed by atoms with E-state index in [1.54, 1.807) is 0 Å². The van der Waals surface area contributed by atoms with E-state index >= 15 is 0 Å². The number of ether oxygens (including phenoxy) is 1. The van der Waals surface area contributed by atoms with Crippen molar-refractivity contribution in [2.45, 2.75) is 24.9 Å². The van der Waals surface area contributed by atoms with E-state index in [-0.39, 0.29) is 5.56 Å². The maximum absolute atomic E-state index is 12.6. The van der Waals surface area contributed by atoms with Crippen LogP contribution in [0.5, 0.6) is 5.75 Å². The molecule has 6 heteroatoms. The molecule has 0 aliphatic heterocycles. The Morgan fingerprint density at radius 3 is 2.59 bits per heavy atom. The monoisotopic (exact) mass is 387 g/mol. The smallest absolute Gasteiger partial charge is 0.260 e. The zero-order valence-corrected chi connectivity index (χ0v) is 15.8. The van der Waals surface area contributed by atoms with Crippen molar-refractivity contribution in [1.82, 2.24) is 14.5 Å². The third kappa shape index (κ3) is 3.43. The normalized spacial score (nSPS) is 14.8. The zero-order chi connectivity index (χ0) is 19.8. The molecule has 1 fully saturated rings.